The number of hydrazone groups is 1. The van der Waals surface area contributed by atoms with E-state index in [2.05, 4.69) is 20.7 Å². The Morgan fingerprint density at radius 3 is 2.57 bits per heavy atom. The van der Waals surface area contributed by atoms with Crippen LogP contribution in [0.3, 0.4) is 0 Å². The average Bonchev–Trinajstić information content (AvgIpc) is 3.30. The fourth-order valence-electron chi connectivity index (χ4n) is 5.30. The Hall–Kier alpha value is -3.13. The normalized spacial score (nSPS) is 23.3. The van der Waals surface area contributed by atoms with E-state index >= 15 is 0 Å². The number of nitrogens with zero attached hydrogens (tertiary/aromatic N) is 3. The zero-order chi connectivity index (χ0) is 24.4. The quantitative estimate of drug-likeness (QED) is 0.606. The number of hydrogen-bond donors (Lipinski definition) is 2. The van der Waals surface area contributed by atoms with Gasteiger partial charge in [0.2, 0.25) is 11.8 Å². The molecule has 2 N–H and O–H groups in total. The van der Waals surface area contributed by atoms with Gasteiger partial charge in [0.05, 0.1) is 5.92 Å². The zero-order valence-electron chi connectivity index (χ0n) is 19.4. The van der Waals surface area contributed by atoms with Gasteiger partial charge in [-0.1, -0.05) is 48.7 Å². The minimum absolute atomic E-state index is 0.0651. The number of hydrogen-bond acceptors (Lipinski definition) is 5. The second kappa shape index (κ2) is 10.2. The predicted octanol–water partition coefficient (Wildman–Crippen LogP) is 3.98. The lowest BCUT2D eigenvalue weighted by Gasteiger charge is -2.50. The summed E-state index contributed by atoms with van der Waals surface area (Å²) >= 11 is 6.04. The van der Waals surface area contributed by atoms with E-state index in [0.29, 0.717) is 24.5 Å². The molecule has 5 rings (SSSR count). The summed E-state index contributed by atoms with van der Waals surface area (Å²) in [5, 5.41) is 8.12. The fraction of sp³-hybridized carbons (Fsp3) is 0.423. The molecule has 2 fully saturated rings. The molecule has 1 saturated heterocycles. The van der Waals surface area contributed by atoms with Gasteiger partial charge in [0.25, 0.3) is 0 Å². The first-order valence-corrected chi connectivity index (χ1v) is 12.5. The number of nitrogens with one attached hydrogen (secondary N) is 2. The molecule has 2 aliphatic heterocycles. The van der Waals surface area contributed by atoms with Crippen molar-refractivity contribution >= 4 is 29.3 Å². The summed E-state index contributed by atoms with van der Waals surface area (Å²) in [6.07, 6.45) is 4.36. The lowest BCUT2D eigenvalue weighted by molar-refractivity contribution is -0.156. The van der Waals surface area contributed by atoms with E-state index < -0.39 is 0 Å². The third-order valence-corrected chi connectivity index (χ3v) is 7.35. The van der Waals surface area contributed by atoms with E-state index in [1.165, 1.54) is 12.1 Å². The molecular formula is C26H29ClFN5O2. The Bertz CT molecular complexity index is 1110. The van der Waals surface area contributed by atoms with Gasteiger partial charge in [-0.3, -0.25) is 19.9 Å². The van der Waals surface area contributed by atoms with Gasteiger partial charge >= 0.3 is 0 Å². The highest BCUT2D eigenvalue weighted by molar-refractivity contribution is 6.30. The molecule has 2 heterocycles. The van der Waals surface area contributed by atoms with Crippen molar-refractivity contribution in [3.8, 4) is 0 Å². The van der Waals surface area contributed by atoms with E-state index in [9.17, 15) is 14.0 Å². The molecular weight excluding hydrogens is 469 g/mol. The number of carbonyl (C=O) groups excluding carboxylic acids is 2. The van der Waals surface area contributed by atoms with Crippen LogP contribution >= 0.6 is 11.6 Å². The summed E-state index contributed by atoms with van der Waals surface area (Å²) in [4.78, 5) is 30.1. The third kappa shape index (κ3) is 5.12. The van der Waals surface area contributed by atoms with Gasteiger partial charge in [0.15, 0.2) is 6.29 Å². The first-order chi connectivity index (χ1) is 17.0. The van der Waals surface area contributed by atoms with Crippen LogP contribution in [0.15, 0.2) is 53.6 Å². The third-order valence-electron chi connectivity index (χ3n) is 7.10. The lowest BCUT2D eigenvalue weighted by Crippen LogP contribution is -2.67. The molecule has 0 spiro atoms. The molecule has 7 nitrogen and oxygen atoms in total. The van der Waals surface area contributed by atoms with Gasteiger partial charge in [-0.15, -0.1) is 0 Å². The van der Waals surface area contributed by atoms with Gasteiger partial charge < -0.3 is 10.2 Å². The predicted molar refractivity (Wildman–Crippen MR) is 131 cm³/mol. The standard InChI is InChI=1S/C26H29ClFN5O2/c27-19-9-5-18(6-10-19)16-32-25(35)21-3-1-2-4-22(21)33-23(30-31-26(32)33)13-14-24(34)29-15-17-7-11-20(28)12-8-17/h5-12,21-22,26,31H,1-4,13-16H2,(H,29,34). The second-order valence-corrected chi connectivity index (χ2v) is 9.83. The van der Waals surface area contributed by atoms with E-state index in [1.807, 2.05) is 29.2 Å². The molecule has 2 amide bonds. The first-order valence-electron chi connectivity index (χ1n) is 12.2. The maximum atomic E-state index is 13.5. The second-order valence-electron chi connectivity index (χ2n) is 9.39. The van der Waals surface area contributed by atoms with E-state index in [1.54, 1.807) is 12.1 Å². The van der Waals surface area contributed by atoms with Gasteiger partial charge in [0.1, 0.15) is 11.7 Å². The number of rotatable bonds is 7. The number of amides is 2. The molecule has 2 aromatic rings. The number of benzene rings is 2. The molecule has 184 valence electrons. The summed E-state index contributed by atoms with van der Waals surface area (Å²) in [5.74, 6) is 0.522. The molecule has 2 aromatic carbocycles. The Morgan fingerprint density at radius 1 is 1.09 bits per heavy atom. The molecule has 35 heavy (non-hydrogen) atoms. The fourth-order valence-corrected chi connectivity index (χ4v) is 5.43. The van der Waals surface area contributed by atoms with Crippen LogP contribution in [-0.2, 0) is 22.7 Å². The monoisotopic (exact) mass is 497 g/mol. The first kappa shape index (κ1) is 23.6. The van der Waals surface area contributed by atoms with Crippen LogP contribution in [0.5, 0.6) is 0 Å². The Labute approximate surface area is 209 Å². The highest BCUT2D eigenvalue weighted by Gasteiger charge is 2.50. The molecule has 3 aliphatic rings. The smallest absolute Gasteiger partial charge is 0.231 e. The topological polar surface area (TPSA) is 77.0 Å². The van der Waals surface area contributed by atoms with Crippen LogP contribution in [0, 0.1) is 11.7 Å². The molecule has 9 heteroatoms. The van der Waals surface area contributed by atoms with Crippen LogP contribution in [0.2, 0.25) is 5.02 Å². The maximum Gasteiger partial charge on any atom is 0.231 e. The van der Waals surface area contributed by atoms with Gasteiger partial charge in [-0.25, -0.2) is 4.39 Å². The van der Waals surface area contributed by atoms with Crippen LogP contribution < -0.4 is 10.7 Å². The summed E-state index contributed by atoms with van der Waals surface area (Å²) in [5.41, 5.74) is 5.02. The highest BCUT2D eigenvalue weighted by Crippen LogP contribution is 2.38. The zero-order valence-corrected chi connectivity index (χ0v) is 20.2. The van der Waals surface area contributed by atoms with Crippen LogP contribution in [0.4, 0.5) is 4.39 Å². The van der Waals surface area contributed by atoms with Crippen LogP contribution in [0.1, 0.15) is 49.7 Å². The van der Waals surface area contributed by atoms with Crippen molar-refractivity contribution < 1.29 is 14.0 Å². The van der Waals surface area contributed by atoms with Crippen molar-refractivity contribution in [2.75, 3.05) is 0 Å². The van der Waals surface area contributed by atoms with Crippen molar-refractivity contribution in [3.05, 3.63) is 70.5 Å². The maximum absolute atomic E-state index is 13.5. The Balaban J connectivity index is 1.25. The van der Waals surface area contributed by atoms with Crippen molar-refractivity contribution in [3.63, 3.8) is 0 Å². The summed E-state index contributed by atoms with van der Waals surface area (Å²) in [7, 11) is 0. The molecule has 1 saturated carbocycles. The largest absolute Gasteiger partial charge is 0.352 e. The Kier molecular flexibility index (Phi) is 6.90. The lowest BCUT2D eigenvalue weighted by atomic mass is 9.80. The minimum Gasteiger partial charge on any atom is -0.352 e. The summed E-state index contributed by atoms with van der Waals surface area (Å²) < 4.78 is 13.1. The summed E-state index contributed by atoms with van der Waals surface area (Å²) in [6.45, 7) is 0.818. The molecule has 3 unspecified atom stereocenters. The molecule has 1 aliphatic carbocycles. The number of amidine groups is 1. The molecule has 0 radical (unpaired) electrons. The SMILES string of the molecule is O=C(CCC1=NNC2N(Cc3ccc(Cl)cc3)C(=O)C3CCCCC3N12)NCc1ccc(F)cc1. The van der Waals surface area contributed by atoms with Crippen LogP contribution in [0.25, 0.3) is 0 Å². The summed E-state index contributed by atoms with van der Waals surface area (Å²) in [6, 6.07) is 13.7. The minimum atomic E-state index is -0.352. The Morgan fingerprint density at radius 2 is 1.80 bits per heavy atom. The molecule has 3 atom stereocenters. The van der Waals surface area contributed by atoms with Crippen molar-refractivity contribution in [1.29, 1.82) is 0 Å². The molecule has 0 bridgehead atoms. The van der Waals surface area contributed by atoms with Crippen molar-refractivity contribution in [2.45, 2.75) is 63.9 Å². The molecule has 0 aromatic heterocycles. The highest BCUT2D eigenvalue weighted by atomic mass is 35.5. The van der Waals surface area contributed by atoms with Gasteiger partial charge in [-0.2, -0.15) is 5.10 Å². The number of halogens is 2. The average molecular weight is 498 g/mol. The van der Waals surface area contributed by atoms with Crippen LogP contribution in [-0.4, -0.2) is 39.8 Å². The number of fused-ring (bicyclic) bond motifs is 3. The van der Waals surface area contributed by atoms with Crippen molar-refractivity contribution in [1.82, 2.24) is 20.5 Å². The van der Waals surface area contributed by atoms with E-state index in [-0.39, 0.29) is 42.3 Å². The van der Waals surface area contributed by atoms with E-state index in [4.69, 9.17) is 11.6 Å². The van der Waals surface area contributed by atoms with Gasteiger partial charge in [0, 0.05) is 37.0 Å². The number of carbonyl (C=O) groups is 2. The van der Waals surface area contributed by atoms with Gasteiger partial charge in [-0.05, 0) is 48.2 Å². The van der Waals surface area contributed by atoms with E-state index in [0.717, 1.165) is 42.6 Å². The van der Waals surface area contributed by atoms with Crippen molar-refractivity contribution in [2.24, 2.45) is 11.0 Å².